The zero-order valence-electron chi connectivity index (χ0n) is 6.93. The Labute approximate surface area is 72.9 Å². The smallest absolute Gasteiger partial charge is 0.0740 e. The van der Waals surface area contributed by atoms with Crippen LogP contribution in [0.1, 0.15) is 20.8 Å². The first-order valence-corrected chi connectivity index (χ1v) is 5.72. The lowest BCUT2D eigenvalue weighted by molar-refractivity contribution is 0.795. The van der Waals surface area contributed by atoms with Crippen molar-refractivity contribution in [3.63, 3.8) is 0 Å². The molecule has 1 aromatic heterocycles. The van der Waals surface area contributed by atoms with Gasteiger partial charge in [0.1, 0.15) is 0 Å². The van der Waals surface area contributed by atoms with E-state index in [4.69, 9.17) is 11.2 Å². The number of hydrogen-bond donors (Lipinski definition) is 1. The van der Waals surface area contributed by atoms with E-state index in [-0.39, 0.29) is 5.16 Å². The minimum atomic E-state index is -0.626. The molecule has 1 heterocycles. The van der Waals surface area contributed by atoms with E-state index in [0.29, 0.717) is 0 Å². The van der Waals surface area contributed by atoms with Crippen LogP contribution in [0, 0.1) is 0 Å². The number of H-pyrrole nitrogens is 1. The maximum Gasteiger partial charge on any atom is 0.0740 e. The molecule has 1 atom stereocenters. The van der Waals surface area contributed by atoms with Gasteiger partial charge < -0.3 is 0 Å². The van der Waals surface area contributed by atoms with Crippen molar-refractivity contribution in [3.05, 3.63) is 12.3 Å². The fourth-order valence-electron chi connectivity index (χ4n) is 0.719. The average Bonchev–Trinajstić information content (AvgIpc) is 2.34. The summed E-state index contributed by atoms with van der Waals surface area (Å²) in [6.07, 6.45) is 1.73. The Morgan fingerprint density at radius 3 is 2.55 bits per heavy atom. The van der Waals surface area contributed by atoms with Crippen molar-refractivity contribution in [2.75, 3.05) is 0 Å². The lowest BCUT2D eigenvalue weighted by Crippen LogP contribution is -2.16. The second-order valence-corrected chi connectivity index (χ2v) is 6.79. The molecule has 0 saturated heterocycles. The molecule has 11 heavy (non-hydrogen) atoms. The highest BCUT2D eigenvalue weighted by atomic mass is 35.7. The molecule has 2 nitrogen and oxygen atoms in total. The van der Waals surface area contributed by atoms with Gasteiger partial charge in [0.25, 0.3) is 0 Å². The molecule has 0 bridgehead atoms. The van der Waals surface area contributed by atoms with Crippen molar-refractivity contribution in [1.82, 2.24) is 10.2 Å². The predicted molar refractivity (Wildman–Crippen MR) is 50.7 cm³/mol. The molecule has 0 aromatic carbocycles. The summed E-state index contributed by atoms with van der Waals surface area (Å²) in [4.78, 5) is 0. The molecule has 0 spiro atoms. The van der Waals surface area contributed by atoms with Gasteiger partial charge in [0.15, 0.2) is 0 Å². The number of aromatic amines is 1. The van der Waals surface area contributed by atoms with E-state index >= 15 is 0 Å². The number of nitrogens with one attached hydrogen (secondary N) is 1. The molecule has 0 aliphatic heterocycles. The lowest BCUT2D eigenvalue weighted by atomic mass is 10.3. The monoisotopic (exact) mass is 190 g/mol. The van der Waals surface area contributed by atoms with Crippen LogP contribution < -0.4 is 5.44 Å². The van der Waals surface area contributed by atoms with Gasteiger partial charge in [-0.15, -0.1) is 0 Å². The van der Waals surface area contributed by atoms with Gasteiger partial charge >= 0.3 is 0 Å². The molecule has 1 unspecified atom stereocenters. The van der Waals surface area contributed by atoms with Crippen LogP contribution in [-0.4, -0.2) is 15.4 Å². The van der Waals surface area contributed by atoms with Crippen LogP contribution in [0.2, 0.25) is 0 Å². The molecule has 0 fully saturated rings. The third kappa shape index (κ3) is 2.18. The van der Waals surface area contributed by atoms with Gasteiger partial charge in [0.05, 0.1) is 5.44 Å². The average molecular weight is 191 g/mol. The van der Waals surface area contributed by atoms with Crippen molar-refractivity contribution in [3.8, 4) is 0 Å². The van der Waals surface area contributed by atoms with E-state index in [2.05, 4.69) is 31.0 Å². The van der Waals surface area contributed by atoms with Gasteiger partial charge in [0.2, 0.25) is 0 Å². The van der Waals surface area contributed by atoms with E-state index in [1.807, 2.05) is 6.07 Å². The summed E-state index contributed by atoms with van der Waals surface area (Å²) in [5.41, 5.74) is 1.05. The van der Waals surface area contributed by atoms with Crippen LogP contribution in [-0.2, 0) is 0 Å². The summed E-state index contributed by atoms with van der Waals surface area (Å²) in [7, 11) is -0.626. The highest BCUT2D eigenvalue weighted by Gasteiger charge is 2.24. The van der Waals surface area contributed by atoms with Gasteiger partial charge in [0, 0.05) is 18.6 Å². The second kappa shape index (κ2) is 3.12. The lowest BCUT2D eigenvalue weighted by Gasteiger charge is -2.23. The summed E-state index contributed by atoms with van der Waals surface area (Å²) in [6.45, 7) is 6.39. The molecular weight excluding hydrogens is 179 g/mol. The maximum absolute atomic E-state index is 6.22. The highest BCUT2D eigenvalue weighted by molar-refractivity contribution is 7.90. The number of halogens is 1. The van der Waals surface area contributed by atoms with Crippen molar-refractivity contribution >= 4 is 24.0 Å². The molecule has 62 valence electrons. The summed E-state index contributed by atoms with van der Waals surface area (Å²) < 4.78 is 0. The minimum absolute atomic E-state index is 0.142. The minimum Gasteiger partial charge on any atom is -0.277 e. The van der Waals surface area contributed by atoms with E-state index in [0.717, 1.165) is 5.44 Å². The summed E-state index contributed by atoms with van der Waals surface area (Å²) in [5.74, 6) is 0. The molecule has 1 N–H and O–H groups in total. The standard InChI is InChI=1S/C7H12ClN2P/c1-7(2,3)11(8)6-4-5-9-10-6/h4-5H,1-3H3,(H,9,10). The van der Waals surface area contributed by atoms with Crippen LogP contribution in [0.5, 0.6) is 0 Å². The Balaban J connectivity index is 2.78. The molecule has 1 aromatic rings. The summed E-state index contributed by atoms with van der Waals surface area (Å²) in [6, 6.07) is 1.93. The number of rotatable bonds is 1. The van der Waals surface area contributed by atoms with Crippen LogP contribution in [0.3, 0.4) is 0 Å². The molecule has 0 aliphatic rings. The number of aromatic nitrogens is 2. The normalized spacial score (nSPS) is 14.9. The van der Waals surface area contributed by atoms with Crippen molar-refractivity contribution < 1.29 is 0 Å². The Morgan fingerprint density at radius 2 is 2.18 bits per heavy atom. The van der Waals surface area contributed by atoms with E-state index in [1.54, 1.807) is 6.20 Å². The zero-order valence-corrected chi connectivity index (χ0v) is 8.58. The van der Waals surface area contributed by atoms with Gasteiger partial charge in [-0.25, -0.2) is 0 Å². The van der Waals surface area contributed by atoms with Crippen LogP contribution in [0.25, 0.3) is 0 Å². The molecule has 0 amide bonds. The summed E-state index contributed by atoms with van der Waals surface area (Å²) >= 11 is 6.22. The van der Waals surface area contributed by atoms with Crippen molar-refractivity contribution in [1.29, 1.82) is 0 Å². The number of nitrogens with zero attached hydrogens (tertiary/aromatic N) is 1. The molecule has 0 radical (unpaired) electrons. The fraction of sp³-hybridized carbons (Fsp3) is 0.571. The van der Waals surface area contributed by atoms with E-state index in [9.17, 15) is 0 Å². The fourth-order valence-corrected chi connectivity index (χ4v) is 2.07. The Morgan fingerprint density at radius 1 is 1.55 bits per heavy atom. The van der Waals surface area contributed by atoms with Crippen LogP contribution in [0.4, 0.5) is 0 Å². The van der Waals surface area contributed by atoms with Crippen LogP contribution in [0.15, 0.2) is 12.3 Å². The van der Waals surface area contributed by atoms with Crippen LogP contribution >= 0.6 is 18.5 Å². The Kier molecular flexibility index (Phi) is 2.56. The second-order valence-electron chi connectivity index (χ2n) is 3.39. The van der Waals surface area contributed by atoms with E-state index < -0.39 is 7.27 Å². The molecule has 4 heteroatoms. The van der Waals surface area contributed by atoms with Gasteiger partial charge in [-0.1, -0.05) is 32.0 Å². The zero-order chi connectivity index (χ0) is 8.48. The SMILES string of the molecule is CC(C)(C)P(Cl)c1ccn[nH]1. The largest absolute Gasteiger partial charge is 0.277 e. The molecular formula is C7H12ClN2P. The van der Waals surface area contributed by atoms with Crippen molar-refractivity contribution in [2.45, 2.75) is 25.9 Å². The topological polar surface area (TPSA) is 28.7 Å². The molecule has 0 aliphatic carbocycles. The number of hydrogen-bond acceptors (Lipinski definition) is 1. The Hall–Kier alpha value is -0.0700. The summed E-state index contributed by atoms with van der Waals surface area (Å²) in [5, 5.41) is 6.90. The van der Waals surface area contributed by atoms with Gasteiger partial charge in [-0.05, 0) is 6.07 Å². The molecule has 0 saturated carbocycles. The van der Waals surface area contributed by atoms with E-state index in [1.165, 1.54) is 0 Å². The highest BCUT2D eigenvalue weighted by Crippen LogP contribution is 2.51. The molecule has 1 rings (SSSR count). The predicted octanol–water partition coefficient (Wildman–Crippen LogP) is 2.47. The first-order chi connectivity index (χ1) is 5.02. The first-order valence-electron chi connectivity index (χ1n) is 3.47. The van der Waals surface area contributed by atoms with Gasteiger partial charge in [-0.3, -0.25) is 5.10 Å². The first kappa shape index (κ1) is 9.02. The maximum atomic E-state index is 6.22. The van der Waals surface area contributed by atoms with Crippen molar-refractivity contribution in [2.24, 2.45) is 0 Å². The Bertz CT molecular complexity index is 215. The quantitative estimate of drug-likeness (QED) is 0.678. The third-order valence-corrected chi connectivity index (χ3v) is 5.20. The van der Waals surface area contributed by atoms with Gasteiger partial charge in [-0.2, -0.15) is 5.10 Å². The third-order valence-electron chi connectivity index (χ3n) is 1.29.